The minimum atomic E-state index is -1.44. The number of nitrogens with zero attached hydrogens (tertiary/aromatic N) is 1. The Bertz CT molecular complexity index is 1420. The summed E-state index contributed by atoms with van der Waals surface area (Å²) in [6.45, 7) is 0.495. The SMILES string of the molecule is CSCC[C@H](NC(=O)[C@H](C)NC(=O)[C@H](CS)NC(=O)[C@H](CCC(=O)O)NC(=O)[C@@H](N)Cc1cnc[nH]1)C(=O)N[C@@H](CCC(=O)O)C(=O)NCC(=O)O. The number of imidazole rings is 1. The van der Waals surface area contributed by atoms with Crippen LogP contribution in [0.2, 0.25) is 0 Å². The Labute approximate surface area is 307 Å². The fraction of sp³-hybridized carbons (Fsp3) is 0.586. The van der Waals surface area contributed by atoms with E-state index in [-0.39, 0.29) is 31.4 Å². The van der Waals surface area contributed by atoms with Crippen molar-refractivity contribution in [1.82, 2.24) is 41.9 Å². The number of aromatic nitrogens is 2. The van der Waals surface area contributed by atoms with E-state index in [2.05, 4.69) is 54.5 Å². The second-order valence-corrected chi connectivity index (χ2v) is 12.7. The van der Waals surface area contributed by atoms with E-state index in [1.165, 1.54) is 31.2 Å². The summed E-state index contributed by atoms with van der Waals surface area (Å²) in [5.41, 5.74) is 6.47. The smallest absolute Gasteiger partial charge is 0.322 e. The average Bonchev–Trinajstić information content (AvgIpc) is 3.60. The van der Waals surface area contributed by atoms with Crippen LogP contribution in [0.1, 0.15) is 44.7 Å². The molecule has 0 bridgehead atoms. The Morgan fingerprint density at radius 1 is 0.750 bits per heavy atom. The highest BCUT2D eigenvalue weighted by molar-refractivity contribution is 7.98. The molecule has 0 radical (unpaired) electrons. The lowest BCUT2D eigenvalue weighted by Gasteiger charge is -2.25. The van der Waals surface area contributed by atoms with Crippen LogP contribution in [0, 0.1) is 0 Å². The maximum Gasteiger partial charge on any atom is 0.322 e. The van der Waals surface area contributed by atoms with Gasteiger partial charge in [-0.1, -0.05) is 0 Å². The maximum atomic E-state index is 13.2. The molecular weight excluding hydrogens is 731 g/mol. The standard InChI is InChI=1S/C29H45N9O12S2/c1-14(24(45)35-19(7-8-52-2)28(49)37-17(3-5-21(39)40)26(47)32-11-23(43)44)34-29(50)20(12-51)38-27(48)18(4-6-22(41)42)36-25(46)16(30)9-15-10-31-13-33-15/h10,13-14,16-20,51H,3-9,11-12,30H2,1-2H3,(H,31,33)(H,32,47)(H,34,50)(H,35,45)(H,36,46)(H,37,49)(H,38,48)(H,39,40)(H,41,42)(H,43,44)/t14-,16-,17-,18-,19-,20-/m0/s1. The molecule has 0 fully saturated rings. The minimum Gasteiger partial charge on any atom is -0.481 e. The lowest BCUT2D eigenvalue weighted by molar-refractivity contribution is -0.140. The van der Waals surface area contributed by atoms with Crippen molar-refractivity contribution in [2.75, 3.05) is 24.3 Å². The first-order chi connectivity index (χ1) is 24.5. The number of carboxylic acids is 3. The molecule has 12 N–H and O–H groups in total. The average molecular weight is 776 g/mol. The predicted octanol–water partition coefficient (Wildman–Crippen LogP) is -3.66. The van der Waals surface area contributed by atoms with Gasteiger partial charge in [0.25, 0.3) is 0 Å². The quantitative estimate of drug-likeness (QED) is 0.0426. The highest BCUT2D eigenvalue weighted by atomic mass is 32.2. The number of nitrogens with one attached hydrogen (secondary N) is 7. The molecule has 1 heterocycles. The van der Waals surface area contributed by atoms with E-state index in [1.54, 1.807) is 6.26 Å². The van der Waals surface area contributed by atoms with Crippen LogP contribution in [0.3, 0.4) is 0 Å². The largest absolute Gasteiger partial charge is 0.481 e. The van der Waals surface area contributed by atoms with Gasteiger partial charge >= 0.3 is 17.9 Å². The Morgan fingerprint density at radius 3 is 1.75 bits per heavy atom. The zero-order valence-corrected chi connectivity index (χ0v) is 30.1. The third kappa shape index (κ3) is 17.4. The highest BCUT2D eigenvalue weighted by Crippen LogP contribution is 2.06. The van der Waals surface area contributed by atoms with Crippen LogP contribution in [0.4, 0.5) is 0 Å². The van der Waals surface area contributed by atoms with Crippen LogP contribution in [0.5, 0.6) is 0 Å². The van der Waals surface area contributed by atoms with Crippen LogP contribution in [-0.2, 0) is 49.6 Å². The van der Waals surface area contributed by atoms with E-state index in [1.807, 2.05) is 0 Å². The molecule has 0 spiro atoms. The molecule has 1 aromatic heterocycles. The molecule has 6 atom stereocenters. The summed E-state index contributed by atoms with van der Waals surface area (Å²) in [6, 6.07) is -7.92. The first-order valence-corrected chi connectivity index (χ1v) is 17.8. The summed E-state index contributed by atoms with van der Waals surface area (Å²) < 4.78 is 0. The van der Waals surface area contributed by atoms with Crippen molar-refractivity contribution in [3.05, 3.63) is 18.2 Å². The van der Waals surface area contributed by atoms with E-state index in [4.69, 9.17) is 21.1 Å². The Morgan fingerprint density at radius 2 is 1.25 bits per heavy atom. The molecule has 0 aromatic carbocycles. The number of thiol groups is 1. The van der Waals surface area contributed by atoms with Crippen LogP contribution in [0.25, 0.3) is 0 Å². The maximum absolute atomic E-state index is 13.2. The summed E-state index contributed by atoms with van der Waals surface area (Å²) in [5.74, 6) is -9.09. The zero-order chi connectivity index (χ0) is 39.4. The van der Waals surface area contributed by atoms with Gasteiger partial charge in [0, 0.05) is 36.9 Å². The molecule has 23 heteroatoms. The summed E-state index contributed by atoms with van der Waals surface area (Å²) in [7, 11) is 0. The van der Waals surface area contributed by atoms with Crippen molar-refractivity contribution in [3.63, 3.8) is 0 Å². The number of H-pyrrole nitrogens is 1. The highest BCUT2D eigenvalue weighted by Gasteiger charge is 2.32. The molecule has 290 valence electrons. The van der Waals surface area contributed by atoms with Crippen LogP contribution in [-0.4, -0.2) is 139 Å². The fourth-order valence-electron chi connectivity index (χ4n) is 4.28. The number of thioether (sulfide) groups is 1. The number of aliphatic carboxylic acids is 3. The van der Waals surface area contributed by atoms with E-state index < -0.39 is 109 Å². The number of carbonyl (C=O) groups excluding carboxylic acids is 6. The lowest BCUT2D eigenvalue weighted by atomic mass is 10.1. The van der Waals surface area contributed by atoms with Gasteiger partial charge < -0.3 is 57.9 Å². The number of nitrogens with two attached hydrogens (primary N) is 1. The van der Waals surface area contributed by atoms with Gasteiger partial charge in [-0.2, -0.15) is 24.4 Å². The normalized spacial score (nSPS) is 14.2. The number of rotatable bonds is 25. The first kappa shape index (κ1) is 45.1. The van der Waals surface area contributed by atoms with Crippen molar-refractivity contribution >= 4 is 77.7 Å². The van der Waals surface area contributed by atoms with Crippen LogP contribution < -0.4 is 37.6 Å². The fourth-order valence-corrected chi connectivity index (χ4v) is 5.01. The molecule has 6 amide bonds. The summed E-state index contributed by atoms with van der Waals surface area (Å²) in [6.07, 6.45) is 2.88. The second-order valence-electron chi connectivity index (χ2n) is 11.3. The zero-order valence-electron chi connectivity index (χ0n) is 28.4. The Hall–Kier alpha value is -4.90. The Balaban J connectivity index is 2.97. The molecular formula is C29H45N9O12S2. The molecule has 1 rings (SSSR count). The molecule has 0 aliphatic carbocycles. The lowest BCUT2D eigenvalue weighted by Crippen LogP contribution is -2.59. The number of amides is 6. The van der Waals surface area contributed by atoms with Gasteiger partial charge in [-0.25, -0.2) is 4.98 Å². The van der Waals surface area contributed by atoms with E-state index in [0.29, 0.717) is 11.4 Å². The number of hydrogen-bond acceptors (Lipinski definition) is 13. The molecule has 0 unspecified atom stereocenters. The molecule has 0 saturated heterocycles. The molecule has 1 aromatic rings. The van der Waals surface area contributed by atoms with Gasteiger partial charge in [-0.3, -0.25) is 43.2 Å². The van der Waals surface area contributed by atoms with E-state index in [0.717, 1.165) is 0 Å². The van der Waals surface area contributed by atoms with E-state index >= 15 is 0 Å². The third-order valence-corrected chi connectivity index (χ3v) is 8.13. The third-order valence-electron chi connectivity index (χ3n) is 7.12. The van der Waals surface area contributed by atoms with Crippen LogP contribution >= 0.6 is 24.4 Å². The number of carboxylic acid groups (broad SMARTS) is 3. The summed E-state index contributed by atoms with van der Waals surface area (Å²) >= 11 is 5.42. The van der Waals surface area contributed by atoms with Crippen molar-refractivity contribution in [2.45, 2.75) is 81.7 Å². The summed E-state index contributed by atoms with van der Waals surface area (Å²) in [5, 5.41) is 41.0. The number of hydrogen-bond donors (Lipinski definition) is 12. The summed E-state index contributed by atoms with van der Waals surface area (Å²) in [4.78, 5) is 117. The molecule has 0 aliphatic rings. The van der Waals surface area contributed by atoms with Gasteiger partial charge in [0.2, 0.25) is 35.4 Å². The monoisotopic (exact) mass is 775 g/mol. The number of aromatic amines is 1. The predicted molar refractivity (Wildman–Crippen MR) is 187 cm³/mol. The molecule has 0 aliphatic heterocycles. The van der Waals surface area contributed by atoms with E-state index in [9.17, 15) is 43.2 Å². The second kappa shape index (κ2) is 23.6. The van der Waals surface area contributed by atoms with Gasteiger partial charge in [-0.15, -0.1) is 0 Å². The van der Waals surface area contributed by atoms with Gasteiger partial charge in [-0.05, 0) is 38.2 Å². The van der Waals surface area contributed by atoms with Gasteiger partial charge in [0.15, 0.2) is 0 Å². The van der Waals surface area contributed by atoms with Crippen molar-refractivity contribution in [1.29, 1.82) is 0 Å². The molecule has 0 saturated carbocycles. The van der Waals surface area contributed by atoms with Crippen molar-refractivity contribution in [3.8, 4) is 0 Å². The number of carbonyl (C=O) groups is 9. The minimum absolute atomic E-state index is 0.0357. The molecule has 52 heavy (non-hydrogen) atoms. The Kier molecular flexibility index (Phi) is 20.4. The van der Waals surface area contributed by atoms with Crippen molar-refractivity contribution < 1.29 is 58.5 Å². The first-order valence-electron chi connectivity index (χ1n) is 15.8. The van der Waals surface area contributed by atoms with Crippen LogP contribution in [0.15, 0.2) is 12.5 Å². The van der Waals surface area contributed by atoms with Gasteiger partial charge in [0.05, 0.1) is 12.4 Å². The molecule has 21 nitrogen and oxygen atoms in total. The topological polar surface area (TPSA) is 341 Å². The van der Waals surface area contributed by atoms with Gasteiger partial charge in [0.1, 0.15) is 36.8 Å². The van der Waals surface area contributed by atoms with Crippen molar-refractivity contribution in [2.24, 2.45) is 5.73 Å².